The summed E-state index contributed by atoms with van der Waals surface area (Å²) in [6, 6.07) is 9.90. The van der Waals surface area contributed by atoms with Gasteiger partial charge in [-0.1, -0.05) is 31.2 Å². The third-order valence-electron chi connectivity index (χ3n) is 3.20. The Kier molecular flexibility index (Phi) is 4.27. The molecule has 0 amide bonds. The lowest BCUT2D eigenvalue weighted by atomic mass is 9.99. The van der Waals surface area contributed by atoms with Gasteiger partial charge in [0.05, 0.1) is 0 Å². The summed E-state index contributed by atoms with van der Waals surface area (Å²) in [5.74, 6) is -0.531. The number of benzene rings is 2. The maximum atomic E-state index is 14.0. The van der Waals surface area contributed by atoms with E-state index >= 15 is 0 Å². The summed E-state index contributed by atoms with van der Waals surface area (Å²) in [7, 11) is 0. The highest BCUT2D eigenvalue weighted by Gasteiger charge is 2.08. The molecule has 0 aromatic heterocycles. The van der Waals surface area contributed by atoms with Crippen LogP contribution in [0.1, 0.15) is 18.1 Å². The average Bonchev–Trinajstić information content (AvgIpc) is 2.40. The summed E-state index contributed by atoms with van der Waals surface area (Å²) in [6.45, 7) is 4.98. The molecule has 0 radical (unpaired) electrons. The van der Waals surface area contributed by atoms with Crippen molar-refractivity contribution in [3.63, 3.8) is 0 Å². The SMILES string of the molecule is CCNCc1ccc(-c2cccc(F)c2C)cc1F. The molecule has 0 bridgehead atoms. The first kappa shape index (κ1) is 13.7. The Hall–Kier alpha value is -1.74. The van der Waals surface area contributed by atoms with E-state index in [0.29, 0.717) is 23.2 Å². The number of hydrogen-bond donors (Lipinski definition) is 1. The van der Waals surface area contributed by atoms with E-state index in [2.05, 4.69) is 5.32 Å². The van der Waals surface area contributed by atoms with E-state index in [1.807, 2.05) is 13.0 Å². The predicted octanol–water partition coefficient (Wildman–Crippen LogP) is 4.05. The van der Waals surface area contributed by atoms with E-state index in [4.69, 9.17) is 0 Å². The lowest BCUT2D eigenvalue weighted by molar-refractivity contribution is 0.593. The zero-order chi connectivity index (χ0) is 13.8. The zero-order valence-corrected chi connectivity index (χ0v) is 11.1. The first-order chi connectivity index (χ1) is 9.13. The van der Waals surface area contributed by atoms with Crippen molar-refractivity contribution in [3.05, 3.63) is 59.2 Å². The Labute approximate surface area is 112 Å². The molecule has 0 aliphatic rings. The number of nitrogens with one attached hydrogen (secondary N) is 1. The van der Waals surface area contributed by atoms with E-state index in [-0.39, 0.29) is 11.6 Å². The second-order valence-electron chi connectivity index (χ2n) is 4.50. The summed E-state index contributed by atoms with van der Waals surface area (Å²) in [5, 5.41) is 3.09. The largest absolute Gasteiger partial charge is 0.313 e. The minimum absolute atomic E-state index is 0.262. The summed E-state index contributed by atoms with van der Waals surface area (Å²) < 4.78 is 27.5. The molecule has 2 rings (SSSR count). The predicted molar refractivity (Wildman–Crippen MR) is 73.9 cm³/mol. The van der Waals surface area contributed by atoms with Crippen LogP contribution < -0.4 is 5.32 Å². The summed E-state index contributed by atoms with van der Waals surface area (Å²) in [5.41, 5.74) is 2.60. The molecule has 3 heteroatoms. The van der Waals surface area contributed by atoms with Crippen molar-refractivity contribution < 1.29 is 8.78 Å². The third kappa shape index (κ3) is 2.99. The van der Waals surface area contributed by atoms with Crippen molar-refractivity contribution in [2.24, 2.45) is 0 Å². The molecule has 0 aliphatic carbocycles. The van der Waals surface area contributed by atoms with Gasteiger partial charge in [0.1, 0.15) is 11.6 Å². The van der Waals surface area contributed by atoms with Gasteiger partial charge in [-0.15, -0.1) is 0 Å². The Morgan fingerprint density at radius 1 is 1.05 bits per heavy atom. The lowest BCUT2D eigenvalue weighted by Crippen LogP contribution is -2.12. The van der Waals surface area contributed by atoms with Crippen molar-refractivity contribution in [1.29, 1.82) is 0 Å². The molecular weight excluding hydrogens is 244 g/mol. The maximum Gasteiger partial charge on any atom is 0.128 e. The van der Waals surface area contributed by atoms with Gasteiger partial charge in [-0.05, 0) is 42.3 Å². The highest BCUT2D eigenvalue weighted by molar-refractivity contribution is 5.67. The van der Waals surface area contributed by atoms with Crippen LogP contribution in [-0.2, 0) is 6.54 Å². The fourth-order valence-electron chi connectivity index (χ4n) is 2.04. The van der Waals surface area contributed by atoms with Gasteiger partial charge in [0.2, 0.25) is 0 Å². The first-order valence-corrected chi connectivity index (χ1v) is 6.38. The van der Waals surface area contributed by atoms with E-state index in [9.17, 15) is 8.78 Å². The normalized spacial score (nSPS) is 10.7. The molecule has 0 atom stereocenters. The summed E-state index contributed by atoms with van der Waals surface area (Å²) in [4.78, 5) is 0. The highest BCUT2D eigenvalue weighted by Crippen LogP contribution is 2.26. The third-order valence-corrected chi connectivity index (χ3v) is 3.20. The molecule has 0 spiro atoms. The number of rotatable bonds is 4. The van der Waals surface area contributed by atoms with Crippen LogP contribution in [0.25, 0.3) is 11.1 Å². The highest BCUT2D eigenvalue weighted by atomic mass is 19.1. The maximum absolute atomic E-state index is 14.0. The molecule has 0 heterocycles. The van der Waals surface area contributed by atoms with Crippen LogP contribution in [0, 0.1) is 18.6 Å². The van der Waals surface area contributed by atoms with Crippen LogP contribution in [-0.4, -0.2) is 6.54 Å². The van der Waals surface area contributed by atoms with Crippen molar-refractivity contribution in [2.75, 3.05) is 6.54 Å². The van der Waals surface area contributed by atoms with Crippen molar-refractivity contribution in [3.8, 4) is 11.1 Å². The van der Waals surface area contributed by atoms with Gasteiger partial charge in [-0.3, -0.25) is 0 Å². The molecule has 0 fully saturated rings. The minimum atomic E-state index is -0.269. The molecule has 0 aliphatic heterocycles. The van der Waals surface area contributed by atoms with Gasteiger partial charge in [-0.25, -0.2) is 8.78 Å². The second-order valence-corrected chi connectivity index (χ2v) is 4.50. The molecule has 0 saturated carbocycles. The van der Waals surface area contributed by atoms with Gasteiger partial charge in [0, 0.05) is 12.1 Å². The van der Waals surface area contributed by atoms with Crippen molar-refractivity contribution >= 4 is 0 Å². The monoisotopic (exact) mass is 261 g/mol. The molecule has 2 aromatic rings. The van der Waals surface area contributed by atoms with Crippen molar-refractivity contribution in [2.45, 2.75) is 20.4 Å². The lowest BCUT2D eigenvalue weighted by Gasteiger charge is -2.09. The first-order valence-electron chi connectivity index (χ1n) is 6.38. The fourth-order valence-corrected chi connectivity index (χ4v) is 2.04. The van der Waals surface area contributed by atoms with Crippen LogP contribution in [0.3, 0.4) is 0 Å². The van der Waals surface area contributed by atoms with Gasteiger partial charge < -0.3 is 5.32 Å². The molecule has 100 valence electrons. The smallest absolute Gasteiger partial charge is 0.128 e. The Morgan fingerprint density at radius 3 is 2.53 bits per heavy atom. The van der Waals surface area contributed by atoms with Crippen LogP contribution in [0.2, 0.25) is 0 Å². The van der Waals surface area contributed by atoms with E-state index in [1.165, 1.54) is 12.1 Å². The van der Waals surface area contributed by atoms with Crippen LogP contribution in [0.4, 0.5) is 8.78 Å². The summed E-state index contributed by atoms with van der Waals surface area (Å²) in [6.07, 6.45) is 0. The fraction of sp³-hybridized carbons (Fsp3) is 0.250. The molecule has 0 saturated heterocycles. The van der Waals surface area contributed by atoms with E-state index < -0.39 is 0 Å². The van der Waals surface area contributed by atoms with Gasteiger partial charge >= 0.3 is 0 Å². The summed E-state index contributed by atoms with van der Waals surface area (Å²) >= 11 is 0. The Morgan fingerprint density at radius 2 is 1.84 bits per heavy atom. The van der Waals surface area contributed by atoms with E-state index in [1.54, 1.807) is 25.1 Å². The van der Waals surface area contributed by atoms with E-state index in [0.717, 1.165) is 12.1 Å². The van der Waals surface area contributed by atoms with Gasteiger partial charge in [0.15, 0.2) is 0 Å². The van der Waals surface area contributed by atoms with Gasteiger partial charge in [-0.2, -0.15) is 0 Å². The number of halogens is 2. The molecule has 1 nitrogen and oxygen atoms in total. The quantitative estimate of drug-likeness (QED) is 0.875. The second kappa shape index (κ2) is 5.93. The van der Waals surface area contributed by atoms with Crippen LogP contribution in [0.15, 0.2) is 36.4 Å². The minimum Gasteiger partial charge on any atom is -0.313 e. The van der Waals surface area contributed by atoms with Crippen LogP contribution >= 0.6 is 0 Å². The standard InChI is InChI=1S/C16H17F2N/c1-3-19-10-13-8-7-12(9-16(13)18)14-5-4-6-15(17)11(14)2/h4-9,19H,3,10H2,1-2H3. The molecular formula is C16H17F2N. The molecule has 2 aromatic carbocycles. The topological polar surface area (TPSA) is 12.0 Å². The molecule has 19 heavy (non-hydrogen) atoms. The average molecular weight is 261 g/mol. The Balaban J connectivity index is 2.36. The molecule has 0 unspecified atom stereocenters. The zero-order valence-electron chi connectivity index (χ0n) is 11.1. The number of hydrogen-bond acceptors (Lipinski definition) is 1. The Bertz CT molecular complexity index is 579. The molecule has 1 N–H and O–H groups in total. The van der Waals surface area contributed by atoms with Gasteiger partial charge in [0.25, 0.3) is 0 Å². The van der Waals surface area contributed by atoms with Crippen molar-refractivity contribution in [1.82, 2.24) is 5.32 Å². The van der Waals surface area contributed by atoms with Crippen LogP contribution in [0.5, 0.6) is 0 Å².